The van der Waals surface area contributed by atoms with Gasteiger partial charge in [-0.15, -0.1) is 0 Å². The second kappa shape index (κ2) is 7.37. The van der Waals surface area contributed by atoms with Crippen LogP contribution in [0.4, 0.5) is 11.4 Å². The molecule has 6 heteroatoms. The van der Waals surface area contributed by atoms with Crippen LogP contribution in [0.15, 0.2) is 18.2 Å². The quantitative estimate of drug-likeness (QED) is 0.600. The van der Waals surface area contributed by atoms with Crippen molar-refractivity contribution in [2.75, 3.05) is 37.4 Å². The second-order valence-electron chi connectivity index (χ2n) is 4.15. The van der Waals surface area contributed by atoms with Crippen molar-refractivity contribution in [3.05, 3.63) is 23.8 Å². The van der Waals surface area contributed by atoms with Crippen LogP contribution in [0, 0.1) is 0 Å². The Balaban J connectivity index is 3.08. The van der Waals surface area contributed by atoms with Crippen LogP contribution < -0.4 is 16.0 Å². The molecule has 0 atom stereocenters. The number of amides is 1. The average molecular weight is 279 g/mol. The van der Waals surface area contributed by atoms with Crippen molar-refractivity contribution in [2.24, 2.45) is 0 Å². The van der Waals surface area contributed by atoms with Crippen molar-refractivity contribution in [3.63, 3.8) is 0 Å². The molecule has 0 aliphatic rings. The van der Waals surface area contributed by atoms with E-state index in [1.54, 1.807) is 37.1 Å². The summed E-state index contributed by atoms with van der Waals surface area (Å²) in [4.78, 5) is 25.1. The number of nitrogen functional groups attached to an aromatic ring is 1. The summed E-state index contributed by atoms with van der Waals surface area (Å²) >= 11 is 0. The minimum Gasteiger partial charge on any atom is -0.462 e. The maximum atomic E-state index is 11.8. The van der Waals surface area contributed by atoms with Crippen molar-refractivity contribution >= 4 is 23.3 Å². The molecule has 0 aliphatic heterocycles. The number of anilines is 2. The van der Waals surface area contributed by atoms with Crippen LogP contribution in [-0.2, 0) is 9.53 Å². The molecule has 0 spiro atoms. The van der Waals surface area contributed by atoms with Crippen molar-refractivity contribution in [1.29, 1.82) is 0 Å². The lowest BCUT2D eigenvalue weighted by Gasteiger charge is -2.24. The van der Waals surface area contributed by atoms with E-state index < -0.39 is 5.97 Å². The van der Waals surface area contributed by atoms with E-state index in [0.717, 1.165) is 0 Å². The van der Waals surface area contributed by atoms with Crippen LogP contribution in [-0.4, -0.2) is 38.6 Å². The number of nitrogens with one attached hydrogen (secondary N) is 1. The summed E-state index contributed by atoms with van der Waals surface area (Å²) in [5.41, 5.74) is 7.34. The first kappa shape index (κ1) is 15.8. The number of carbonyl (C=O) groups excluding carboxylic acids is 2. The second-order valence-corrected chi connectivity index (χ2v) is 4.15. The highest BCUT2D eigenvalue weighted by atomic mass is 16.5. The number of ether oxygens (including phenoxy) is 1. The van der Waals surface area contributed by atoms with Gasteiger partial charge in [-0.3, -0.25) is 4.79 Å². The maximum Gasteiger partial charge on any atom is 0.340 e. The molecule has 0 radical (unpaired) electrons. The van der Waals surface area contributed by atoms with Crippen LogP contribution in [0.2, 0.25) is 0 Å². The number of carbonyl (C=O) groups is 2. The molecule has 0 aromatic heterocycles. The van der Waals surface area contributed by atoms with E-state index in [4.69, 9.17) is 10.5 Å². The van der Waals surface area contributed by atoms with E-state index >= 15 is 0 Å². The predicted octanol–water partition coefficient (Wildman–Crippen LogP) is 1.02. The molecular weight excluding hydrogens is 258 g/mol. The topological polar surface area (TPSA) is 84.7 Å². The molecule has 0 saturated carbocycles. The number of likely N-dealkylation sites (N-methyl/N-ethyl adjacent to an activating group) is 2. The highest BCUT2D eigenvalue weighted by Gasteiger charge is 2.17. The highest BCUT2D eigenvalue weighted by Crippen LogP contribution is 2.27. The number of hydrogen-bond acceptors (Lipinski definition) is 5. The van der Waals surface area contributed by atoms with Gasteiger partial charge in [0.25, 0.3) is 0 Å². The van der Waals surface area contributed by atoms with Gasteiger partial charge in [0.2, 0.25) is 5.91 Å². The summed E-state index contributed by atoms with van der Waals surface area (Å²) in [5, 5.41) is 2.56. The number of nitrogens with zero attached hydrogens (tertiary/aromatic N) is 1. The van der Waals surface area contributed by atoms with E-state index in [1.165, 1.54) is 0 Å². The van der Waals surface area contributed by atoms with Crippen LogP contribution in [0.1, 0.15) is 24.2 Å². The number of esters is 1. The Morgan fingerprint density at radius 2 is 2.05 bits per heavy atom. The minimum absolute atomic E-state index is 0.118. The first-order valence-corrected chi connectivity index (χ1v) is 6.56. The number of para-hydroxylation sites is 1. The molecule has 1 aromatic rings. The number of rotatable bonds is 6. The Kier molecular flexibility index (Phi) is 5.83. The summed E-state index contributed by atoms with van der Waals surface area (Å²) < 4.78 is 4.96. The third-order valence-electron chi connectivity index (χ3n) is 2.91. The van der Waals surface area contributed by atoms with E-state index in [1.807, 2.05) is 6.92 Å². The van der Waals surface area contributed by atoms with Crippen molar-refractivity contribution in [3.8, 4) is 0 Å². The van der Waals surface area contributed by atoms with E-state index in [2.05, 4.69) is 5.32 Å². The Labute approximate surface area is 118 Å². The van der Waals surface area contributed by atoms with Crippen LogP contribution in [0.3, 0.4) is 0 Å². The molecule has 0 aliphatic carbocycles. The molecule has 0 heterocycles. The predicted molar refractivity (Wildman–Crippen MR) is 78.8 cm³/mol. The maximum absolute atomic E-state index is 11.8. The van der Waals surface area contributed by atoms with Gasteiger partial charge in [0.15, 0.2) is 0 Å². The molecule has 3 N–H and O–H groups in total. The summed E-state index contributed by atoms with van der Waals surface area (Å²) in [5.74, 6) is -0.573. The summed E-state index contributed by atoms with van der Waals surface area (Å²) in [6.07, 6.45) is 0. The van der Waals surface area contributed by atoms with E-state index in [9.17, 15) is 9.59 Å². The Bertz CT molecular complexity index is 489. The molecule has 1 aromatic carbocycles. The first-order valence-electron chi connectivity index (χ1n) is 6.56. The Morgan fingerprint density at radius 1 is 1.35 bits per heavy atom. The minimum atomic E-state index is -0.456. The molecular formula is C14H21N3O3. The van der Waals surface area contributed by atoms with E-state index in [-0.39, 0.29) is 19.1 Å². The summed E-state index contributed by atoms with van der Waals surface area (Å²) in [6, 6.07) is 5.12. The third-order valence-corrected chi connectivity index (χ3v) is 2.91. The number of benzene rings is 1. The molecule has 1 amide bonds. The summed E-state index contributed by atoms with van der Waals surface area (Å²) in [7, 11) is 1.58. The zero-order chi connectivity index (χ0) is 15.1. The molecule has 0 saturated heterocycles. The lowest BCUT2D eigenvalue weighted by molar-refractivity contribution is -0.119. The van der Waals surface area contributed by atoms with E-state index in [0.29, 0.717) is 23.5 Å². The Morgan fingerprint density at radius 3 is 2.60 bits per heavy atom. The lowest BCUT2D eigenvalue weighted by atomic mass is 10.1. The normalized spacial score (nSPS) is 9.95. The van der Waals surface area contributed by atoms with Gasteiger partial charge in [0.05, 0.1) is 30.1 Å². The fraction of sp³-hybridized carbons (Fsp3) is 0.429. The molecule has 1 rings (SSSR count). The summed E-state index contributed by atoms with van der Waals surface area (Å²) in [6.45, 7) is 4.73. The van der Waals surface area contributed by atoms with Crippen LogP contribution in [0.5, 0.6) is 0 Å². The van der Waals surface area contributed by atoms with Gasteiger partial charge in [-0.25, -0.2) is 4.79 Å². The zero-order valence-corrected chi connectivity index (χ0v) is 12.1. The van der Waals surface area contributed by atoms with Crippen molar-refractivity contribution in [1.82, 2.24) is 5.32 Å². The fourth-order valence-electron chi connectivity index (χ4n) is 1.84. The lowest BCUT2D eigenvalue weighted by Crippen LogP contribution is -2.36. The van der Waals surface area contributed by atoms with Gasteiger partial charge in [0, 0.05) is 13.6 Å². The number of nitrogens with two attached hydrogens (primary N) is 1. The molecule has 0 bridgehead atoms. The third kappa shape index (κ3) is 3.63. The first-order chi connectivity index (χ1) is 9.54. The largest absolute Gasteiger partial charge is 0.462 e. The highest BCUT2D eigenvalue weighted by molar-refractivity contribution is 5.99. The number of hydrogen-bond donors (Lipinski definition) is 2. The van der Waals surface area contributed by atoms with Gasteiger partial charge in [0.1, 0.15) is 0 Å². The van der Waals surface area contributed by atoms with Crippen molar-refractivity contribution < 1.29 is 14.3 Å². The SMILES string of the molecule is CCOC(=O)c1cccc(N(CC)CC(=O)NC)c1N. The Hall–Kier alpha value is -2.24. The van der Waals surface area contributed by atoms with Gasteiger partial charge in [-0.1, -0.05) is 6.07 Å². The molecule has 0 fully saturated rings. The van der Waals surface area contributed by atoms with Crippen LogP contribution in [0.25, 0.3) is 0 Å². The van der Waals surface area contributed by atoms with Gasteiger partial charge >= 0.3 is 5.97 Å². The molecule has 0 unspecified atom stereocenters. The van der Waals surface area contributed by atoms with Crippen molar-refractivity contribution in [2.45, 2.75) is 13.8 Å². The fourth-order valence-corrected chi connectivity index (χ4v) is 1.84. The standard InChI is InChI=1S/C14H21N3O3/c1-4-17(9-12(18)16-3)11-8-6-7-10(13(11)15)14(19)20-5-2/h6-8H,4-5,9,15H2,1-3H3,(H,16,18). The van der Waals surface area contributed by atoms with Gasteiger partial charge < -0.3 is 20.7 Å². The zero-order valence-electron chi connectivity index (χ0n) is 12.1. The molecule has 20 heavy (non-hydrogen) atoms. The monoisotopic (exact) mass is 279 g/mol. The van der Waals surface area contributed by atoms with Crippen LogP contribution >= 0.6 is 0 Å². The van der Waals surface area contributed by atoms with Gasteiger partial charge in [-0.2, -0.15) is 0 Å². The van der Waals surface area contributed by atoms with Gasteiger partial charge in [-0.05, 0) is 26.0 Å². The molecule has 6 nitrogen and oxygen atoms in total. The average Bonchev–Trinajstić information content (AvgIpc) is 2.45. The smallest absolute Gasteiger partial charge is 0.340 e. The molecule has 110 valence electrons.